The Bertz CT molecular complexity index is 525. The van der Waals surface area contributed by atoms with E-state index in [2.05, 4.69) is 19.1 Å². The smallest absolute Gasteiger partial charge is 0.225 e. The summed E-state index contributed by atoms with van der Waals surface area (Å²) in [5.74, 6) is 0.265. The van der Waals surface area contributed by atoms with Gasteiger partial charge in [-0.05, 0) is 36.8 Å². The molecule has 2 aliphatic rings. The SMILES string of the molecule is [CH2-]CCCCCN1C(=O)C[C@@H]1c1ccc(C2(O)CCC2)cc1.[Y]. The molecular weight excluding hydrogens is 363 g/mol. The molecule has 1 aliphatic carbocycles. The van der Waals surface area contributed by atoms with Gasteiger partial charge in [-0.15, -0.1) is 0 Å². The van der Waals surface area contributed by atoms with Crippen molar-refractivity contribution in [1.29, 1.82) is 0 Å². The summed E-state index contributed by atoms with van der Waals surface area (Å²) >= 11 is 0. The van der Waals surface area contributed by atoms with Crippen molar-refractivity contribution in [2.45, 2.75) is 63.0 Å². The zero-order valence-corrected chi connectivity index (χ0v) is 16.7. The Kier molecular flexibility index (Phi) is 6.82. The third-order valence-corrected chi connectivity index (χ3v) is 5.23. The summed E-state index contributed by atoms with van der Waals surface area (Å²) in [6.45, 7) is 4.71. The van der Waals surface area contributed by atoms with Crippen molar-refractivity contribution in [2.24, 2.45) is 0 Å². The zero-order valence-electron chi connectivity index (χ0n) is 13.8. The van der Waals surface area contributed by atoms with Gasteiger partial charge in [0.25, 0.3) is 0 Å². The molecule has 1 amide bonds. The number of β-lactam (4-membered cyclic amide) rings is 1. The van der Waals surface area contributed by atoms with E-state index in [1.807, 2.05) is 17.0 Å². The summed E-state index contributed by atoms with van der Waals surface area (Å²) in [7, 11) is 0. The van der Waals surface area contributed by atoms with E-state index in [1.54, 1.807) is 0 Å². The fraction of sp³-hybridized carbons (Fsp3) is 0.579. The fourth-order valence-corrected chi connectivity index (χ4v) is 3.48. The Hall–Kier alpha value is -0.246. The standard InChI is InChI=1S/C19H26NO2.Y/c1-2-3-4-5-13-20-17(14-18(20)21)15-7-9-16(10-8-15)19(22)11-6-12-19;/h7-10,17,22H,1-6,11-14H2;/q-1;/t17-;/m1./s1. The molecule has 123 valence electrons. The molecule has 1 aromatic carbocycles. The van der Waals surface area contributed by atoms with E-state index in [1.165, 1.54) is 5.56 Å². The quantitative estimate of drug-likeness (QED) is 0.439. The van der Waals surface area contributed by atoms with Crippen LogP contribution in [0, 0.1) is 6.92 Å². The van der Waals surface area contributed by atoms with Crippen molar-refractivity contribution < 1.29 is 42.6 Å². The molecule has 1 saturated carbocycles. The number of carbonyl (C=O) groups is 1. The Morgan fingerprint density at radius 2 is 1.87 bits per heavy atom. The molecule has 3 nitrogen and oxygen atoms in total. The van der Waals surface area contributed by atoms with E-state index in [4.69, 9.17) is 0 Å². The second-order valence-corrected chi connectivity index (χ2v) is 6.73. The molecule has 0 unspecified atom stereocenters. The minimum atomic E-state index is -0.595. The average molecular weight is 389 g/mol. The summed E-state index contributed by atoms with van der Waals surface area (Å²) in [6, 6.07) is 8.49. The van der Waals surface area contributed by atoms with Gasteiger partial charge in [-0.2, -0.15) is 6.42 Å². The Morgan fingerprint density at radius 1 is 1.17 bits per heavy atom. The van der Waals surface area contributed by atoms with Gasteiger partial charge in [-0.1, -0.05) is 37.1 Å². The van der Waals surface area contributed by atoms with Crippen molar-refractivity contribution in [2.75, 3.05) is 6.54 Å². The summed E-state index contributed by atoms with van der Waals surface area (Å²) < 4.78 is 0. The van der Waals surface area contributed by atoms with E-state index in [9.17, 15) is 9.90 Å². The van der Waals surface area contributed by atoms with Crippen molar-refractivity contribution in [1.82, 2.24) is 4.90 Å². The van der Waals surface area contributed by atoms with E-state index in [-0.39, 0.29) is 44.7 Å². The summed E-state index contributed by atoms with van der Waals surface area (Å²) in [4.78, 5) is 13.8. The maximum atomic E-state index is 11.8. The molecule has 4 heteroatoms. The van der Waals surface area contributed by atoms with Crippen LogP contribution in [0.4, 0.5) is 0 Å². The molecule has 1 aliphatic heterocycles. The van der Waals surface area contributed by atoms with Crippen LogP contribution in [0.25, 0.3) is 0 Å². The van der Waals surface area contributed by atoms with Crippen LogP contribution < -0.4 is 0 Å². The van der Waals surface area contributed by atoms with Gasteiger partial charge in [-0.3, -0.25) is 4.79 Å². The summed E-state index contributed by atoms with van der Waals surface area (Å²) in [5, 5.41) is 10.4. The molecule has 1 N–H and O–H groups in total. The van der Waals surface area contributed by atoms with Crippen molar-refractivity contribution in [3.8, 4) is 0 Å². The second kappa shape index (κ2) is 8.22. The number of aliphatic hydroxyl groups is 1. The minimum Gasteiger partial charge on any atom is -0.385 e. The van der Waals surface area contributed by atoms with Crippen LogP contribution in [-0.4, -0.2) is 22.5 Å². The number of hydrogen-bond acceptors (Lipinski definition) is 2. The predicted molar refractivity (Wildman–Crippen MR) is 87.1 cm³/mol. The molecule has 1 atom stereocenters. The van der Waals surface area contributed by atoms with Gasteiger partial charge < -0.3 is 16.9 Å². The molecule has 1 saturated heterocycles. The molecule has 3 rings (SSSR count). The second-order valence-electron chi connectivity index (χ2n) is 6.73. The van der Waals surface area contributed by atoms with E-state index < -0.39 is 5.60 Å². The first-order valence-electron chi connectivity index (χ1n) is 8.55. The number of rotatable bonds is 7. The van der Waals surface area contributed by atoms with Gasteiger partial charge in [0.05, 0.1) is 18.1 Å². The van der Waals surface area contributed by atoms with Gasteiger partial charge in [0.2, 0.25) is 5.91 Å². The van der Waals surface area contributed by atoms with E-state index >= 15 is 0 Å². The molecule has 0 spiro atoms. The topological polar surface area (TPSA) is 40.5 Å². The first-order valence-corrected chi connectivity index (χ1v) is 8.55. The van der Waals surface area contributed by atoms with Crippen LogP contribution in [-0.2, 0) is 43.1 Å². The van der Waals surface area contributed by atoms with Crippen LogP contribution in [0.2, 0.25) is 0 Å². The van der Waals surface area contributed by atoms with Crippen LogP contribution in [0.3, 0.4) is 0 Å². The number of likely N-dealkylation sites (tertiary alicyclic amines) is 1. The van der Waals surface area contributed by atoms with Gasteiger partial charge in [0.15, 0.2) is 0 Å². The maximum Gasteiger partial charge on any atom is 0.225 e. The van der Waals surface area contributed by atoms with Gasteiger partial charge in [0.1, 0.15) is 0 Å². The maximum absolute atomic E-state index is 11.8. The average Bonchev–Trinajstić information content (AvgIpc) is 2.50. The normalized spacial score (nSPS) is 22.1. The molecule has 0 aromatic heterocycles. The molecule has 1 aromatic rings. The summed E-state index contributed by atoms with van der Waals surface area (Å²) in [5.41, 5.74) is 1.63. The molecule has 1 heterocycles. The van der Waals surface area contributed by atoms with Gasteiger partial charge >= 0.3 is 0 Å². The number of unbranched alkanes of at least 4 members (excludes halogenated alkanes) is 3. The molecule has 23 heavy (non-hydrogen) atoms. The third kappa shape index (κ3) is 4.05. The Balaban J connectivity index is 0.00000192. The Labute approximate surface area is 164 Å². The number of amides is 1. The number of benzene rings is 1. The van der Waals surface area contributed by atoms with Gasteiger partial charge in [-0.25, -0.2) is 0 Å². The number of carbonyl (C=O) groups excluding carboxylic acids is 1. The van der Waals surface area contributed by atoms with Gasteiger partial charge in [0, 0.05) is 39.3 Å². The summed E-state index contributed by atoms with van der Waals surface area (Å²) in [6.07, 6.45) is 7.79. The van der Waals surface area contributed by atoms with Crippen LogP contribution >= 0.6 is 0 Å². The van der Waals surface area contributed by atoms with Crippen molar-refractivity contribution in [3.63, 3.8) is 0 Å². The number of nitrogens with zero attached hydrogens (tertiary/aromatic N) is 1. The van der Waals surface area contributed by atoms with Crippen LogP contribution in [0.5, 0.6) is 0 Å². The largest absolute Gasteiger partial charge is 0.385 e. The van der Waals surface area contributed by atoms with Crippen molar-refractivity contribution in [3.05, 3.63) is 42.3 Å². The molecule has 2 fully saturated rings. The van der Waals surface area contributed by atoms with Crippen LogP contribution in [0.15, 0.2) is 24.3 Å². The zero-order chi connectivity index (χ0) is 15.6. The minimum absolute atomic E-state index is 0. The molecule has 1 radical (unpaired) electrons. The third-order valence-electron chi connectivity index (χ3n) is 5.23. The Morgan fingerprint density at radius 3 is 2.39 bits per heavy atom. The van der Waals surface area contributed by atoms with Crippen molar-refractivity contribution >= 4 is 5.91 Å². The predicted octanol–water partition coefficient (Wildman–Crippen LogP) is 3.72. The fourth-order valence-electron chi connectivity index (χ4n) is 3.48. The monoisotopic (exact) mass is 389 g/mol. The van der Waals surface area contributed by atoms with E-state index in [0.717, 1.165) is 57.1 Å². The van der Waals surface area contributed by atoms with E-state index in [0.29, 0.717) is 6.42 Å². The first-order chi connectivity index (χ1) is 10.6. The van der Waals surface area contributed by atoms with Crippen LogP contribution in [0.1, 0.15) is 68.5 Å². The first kappa shape index (κ1) is 19.1. The molecule has 0 bridgehead atoms. The molecular formula is C19H26NO2Y-. The number of hydrogen-bond donors (Lipinski definition) is 1.